The average Bonchev–Trinajstić information content (AvgIpc) is 3.29. The summed E-state index contributed by atoms with van der Waals surface area (Å²) in [6, 6.07) is 6.13. The summed E-state index contributed by atoms with van der Waals surface area (Å²) >= 11 is 1.32. The molecule has 0 radical (unpaired) electrons. The third-order valence-corrected chi connectivity index (χ3v) is 6.60. The van der Waals surface area contributed by atoms with Gasteiger partial charge < -0.3 is 9.84 Å². The molecule has 160 valence electrons. The molecule has 1 unspecified atom stereocenters. The van der Waals surface area contributed by atoms with Gasteiger partial charge in [-0.15, -0.1) is 5.10 Å². The van der Waals surface area contributed by atoms with Crippen LogP contribution in [0.25, 0.3) is 4.96 Å². The molecule has 7 nitrogen and oxygen atoms in total. The first kappa shape index (κ1) is 20.7. The van der Waals surface area contributed by atoms with Gasteiger partial charge in [0.15, 0.2) is 5.82 Å². The van der Waals surface area contributed by atoms with Crippen molar-refractivity contribution in [1.82, 2.24) is 19.5 Å². The number of carbonyl (C=O) groups excluding carboxylic acids is 1. The van der Waals surface area contributed by atoms with Crippen molar-refractivity contribution in [2.75, 3.05) is 19.7 Å². The fraction of sp³-hybridized carbons (Fsp3) is 0.476. The van der Waals surface area contributed by atoms with Crippen LogP contribution < -0.4 is 0 Å². The molecule has 0 saturated carbocycles. The van der Waals surface area contributed by atoms with Gasteiger partial charge in [0.1, 0.15) is 5.82 Å². The highest BCUT2D eigenvalue weighted by Crippen LogP contribution is 2.42. The zero-order valence-electron chi connectivity index (χ0n) is 17.0. The van der Waals surface area contributed by atoms with E-state index in [4.69, 9.17) is 4.74 Å². The maximum absolute atomic E-state index is 14.8. The van der Waals surface area contributed by atoms with Crippen LogP contribution in [-0.2, 0) is 16.0 Å². The van der Waals surface area contributed by atoms with Crippen LogP contribution in [0.2, 0.25) is 0 Å². The number of esters is 1. The summed E-state index contributed by atoms with van der Waals surface area (Å²) in [5.41, 5.74) is 0.489. The lowest BCUT2D eigenvalue weighted by molar-refractivity contribution is -0.149. The van der Waals surface area contributed by atoms with Crippen molar-refractivity contribution < 1.29 is 19.0 Å². The van der Waals surface area contributed by atoms with Crippen molar-refractivity contribution in [3.05, 3.63) is 46.3 Å². The second kappa shape index (κ2) is 8.69. The van der Waals surface area contributed by atoms with Gasteiger partial charge >= 0.3 is 5.97 Å². The molecule has 3 aromatic rings. The number of rotatable bonds is 6. The number of thiazole rings is 1. The molecule has 9 heteroatoms. The monoisotopic (exact) mass is 432 g/mol. The van der Waals surface area contributed by atoms with Gasteiger partial charge in [0.05, 0.1) is 23.4 Å². The van der Waals surface area contributed by atoms with Crippen LogP contribution in [0.5, 0.6) is 5.88 Å². The predicted molar refractivity (Wildman–Crippen MR) is 111 cm³/mol. The molecule has 0 bridgehead atoms. The number of nitrogens with zero attached hydrogens (tertiary/aromatic N) is 4. The molecule has 1 saturated heterocycles. The van der Waals surface area contributed by atoms with Gasteiger partial charge in [0.2, 0.25) is 10.8 Å². The number of ether oxygens (including phenoxy) is 1. The summed E-state index contributed by atoms with van der Waals surface area (Å²) in [7, 11) is 0. The summed E-state index contributed by atoms with van der Waals surface area (Å²) in [5, 5.41) is 15.3. The number of likely N-dealkylation sites (tertiary alicyclic amines) is 1. The Morgan fingerprint density at radius 3 is 2.70 bits per heavy atom. The van der Waals surface area contributed by atoms with E-state index in [1.807, 2.05) is 6.92 Å². The van der Waals surface area contributed by atoms with Crippen molar-refractivity contribution in [1.29, 1.82) is 0 Å². The fourth-order valence-corrected chi connectivity index (χ4v) is 5.10. The molecule has 1 aliphatic heterocycles. The smallest absolute Gasteiger partial charge is 0.309 e. The molecular formula is C21H25FN4O3S. The van der Waals surface area contributed by atoms with E-state index in [1.54, 1.807) is 25.1 Å². The minimum atomic E-state index is -0.479. The third kappa shape index (κ3) is 3.79. The molecule has 4 rings (SSSR count). The molecule has 0 aliphatic carbocycles. The average molecular weight is 433 g/mol. The molecule has 30 heavy (non-hydrogen) atoms. The summed E-state index contributed by atoms with van der Waals surface area (Å²) in [6.45, 7) is 5.31. The molecule has 1 N–H and O–H groups in total. The van der Waals surface area contributed by atoms with Crippen LogP contribution in [0, 0.1) is 11.7 Å². The minimum absolute atomic E-state index is 0.0111. The fourth-order valence-electron chi connectivity index (χ4n) is 3.97. The largest absolute Gasteiger partial charge is 0.492 e. The number of hydrogen-bond donors (Lipinski definition) is 1. The predicted octanol–water partition coefficient (Wildman–Crippen LogP) is 3.56. The Morgan fingerprint density at radius 2 is 2.07 bits per heavy atom. The summed E-state index contributed by atoms with van der Waals surface area (Å²) in [5.74, 6) is -0.00903. The van der Waals surface area contributed by atoms with Crippen LogP contribution in [0.15, 0.2) is 24.3 Å². The van der Waals surface area contributed by atoms with Crippen LogP contribution in [0.4, 0.5) is 4.39 Å². The molecule has 1 aromatic carbocycles. The van der Waals surface area contributed by atoms with E-state index < -0.39 is 6.04 Å². The first-order valence-electron chi connectivity index (χ1n) is 10.3. The standard InChI is InChI=1S/C21H25FN4O3S/c1-3-16-23-21-26(24-16)19(27)18(30-21)17(14-7-5-6-8-15(14)22)25-11-9-13(10-12-25)20(28)29-4-2/h5-8,13,17,27H,3-4,9-12H2,1-2H3. The maximum atomic E-state index is 14.8. The highest BCUT2D eigenvalue weighted by Gasteiger charge is 2.35. The van der Waals surface area contributed by atoms with E-state index in [0.29, 0.717) is 60.2 Å². The van der Waals surface area contributed by atoms with Gasteiger partial charge in [0, 0.05) is 12.0 Å². The van der Waals surface area contributed by atoms with Crippen molar-refractivity contribution >= 4 is 22.3 Å². The van der Waals surface area contributed by atoms with Gasteiger partial charge in [-0.25, -0.2) is 9.37 Å². The highest BCUT2D eigenvalue weighted by molar-refractivity contribution is 7.17. The van der Waals surface area contributed by atoms with Crippen LogP contribution in [0.3, 0.4) is 0 Å². The number of benzene rings is 1. The van der Waals surface area contributed by atoms with Crippen molar-refractivity contribution in [3.8, 4) is 5.88 Å². The topological polar surface area (TPSA) is 80.0 Å². The number of carbonyl (C=O) groups is 1. The molecule has 0 amide bonds. The Balaban J connectivity index is 1.69. The molecule has 1 fully saturated rings. The van der Waals surface area contributed by atoms with Gasteiger partial charge in [-0.05, 0) is 38.9 Å². The zero-order chi connectivity index (χ0) is 21.3. The number of hydrogen-bond acceptors (Lipinski definition) is 7. The van der Waals surface area contributed by atoms with Crippen molar-refractivity contribution in [3.63, 3.8) is 0 Å². The molecule has 0 spiro atoms. The Labute approximate surface area is 178 Å². The molecule has 2 aromatic heterocycles. The summed E-state index contributed by atoms with van der Waals surface area (Å²) in [6.07, 6.45) is 1.93. The lowest BCUT2D eigenvalue weighted by Crippen LogP contribution is -2.39. The lowest BCUT2D eigenvalue weighted by atomic mass is 9.93. The Morgan fingerprint density at radius 1 is 1.33 bits per heavy atom. The van der Waals surface area contributed by atoms with Gasteiger partial charge in [-0.3, -0.25) is 9.69 Å². The van der Waals surface area contributed by atoms with Crippen LogP contribution >= 0.6 is 11.3 Å². The molecular weight excluding hydrogens is 407 g/mol. The number of aromatic nitrogens is 3. The Hall–Kier alpha value is -2.52. The normalized spacial score (nSPS) is 16.8. The van der Waals surface area contributed by atoms with Crippen molar-refractivity contribution in [2.24, 2.45) is 5.92 Å². The zero-order valence-corrected chi connectivity index (χ0v) is 17.9. The van der Waals surface area contributed by atoms with Gasteiger partial charge in [0.25, 0.3) is 0 Å². The second-order valence-electron chi connectivity index (χ2n) is 7.35. The maximum Gasteiger partial charge on any atom is 0.309 e. The molecule has 1 atom stereocenters. The lowest BCUT2D eigenvalue weighted by Gasteiger charge is -2.36. The van der Waals surface area contributed by atoms with E-state index in [0.717, 1.165) is 0 Å². The van der Waals surface area contributed by atoms with Crippen LogP contribution in [0.1, 0.15) is 49.0 Å². The van der Waals surface area contributed by atoms with E-state index in [1.165, 1.54) is 21.9 Å². The summed E-state index contributed by atoms with van der Waals surface area (Å²) < 4.78 is 21.4. The highest BCUT2D eigenvalue weighted by atomic mass is 32.1. The minimum Gasteiger partial charge on any atom is -0.492 e. The number of fused-ring (bicyclic) bond motifs is 1. The van der Waals surface area contributed by atoms with E-state index >= 15 is 0 Å². The quantitative estimate of drug-likeness (QED) is 0.600. The number of aromatic hydroxyl groups is 1. The van der Waals surface area contributed by atoms with Crippen molar-refractivity contribution in [2.45, 2.75) is 39.2 Å². The summed E-state index contributed by atoms with van der Waals surface area (Å²) in [4.78, 5) is 19.9. The van der Waals surface area contributed by atoms with Gasteiger partial charge in [-0.2, -0.15) is 4.52 Å². The van der Waals surface area contributed by atoms with Crippen LogP contribution in [-0.4, -0.2) is 50.3 Å². The SMILES string of the molecule is CCOC(=O)C1CCN(C(c2ccccc2F)c2sc3nc(CC)nn3c2O)CC1. The number of halogens is 1. The van der Waals surface area contributed by atoms with E-state index in [9.17, 15) is 14.3 Å². The first-order valence-corrected chi connectivity index (χ1v) is 11.1. The van der Waals surface area contributed by atoms with Gasteiger partial charge in [-0.1, -0.05) is 36.5 Å². The Kier molecular flexibility index (Phi) is 6.01. The number of piperidine rings is 1. The third-order valence-electron chi connectivity index (χ3n) is 5.52. The second-order valence-corrected chi connectivity index (χ2v) is 8.36. The molecule has 3 heterocycles. The first-order chi connectivity index (χ1) is 14.5. The van der Waals surface area contributed by atoms with E-state index in [-0.39, 0.29) is 23.6 Å². The number of aryl methyl sites for hydroxylation is 1. The molecule has 1 aliphatic rings. The van der Waals surface area contributed by atoms with E-state index in [2.05, 4.69) is 15.0 Å². The Bertz CT molecular complexity index is 1040.